The largest absolute Gasteiger partial charge is 0.381 e. The van der Waals surface area contributed by atoms with Crippen LogP contribution >= 0.6 is 11.8 Å². The molecular weight excluding hydrogens is 268 g/mol. The second-order valence-corrected chi connectivity index (χ2v) is 6.86. The number of thioether (sulfide) groups is 1. The van der Waals surface area contributed by atoms with E-state index >= 15 is 0 Å². The van der Waals surface area contributed by atoms with Crippen molar-refractivity contribution in [2.75, 3.05) is 23.4 Å². The highest BCUT2D eigenvalue weighted by Gasteiger charge is 2.38. The molecule has 2 saturated heterocycles. The molecule has 20 heavy (non-hydrogen) atoms. The Balaban J connectivity index is 1.70. The molecule has 4 heteroatoms. The number of anilines is 1. The second-order valence-electron chi connectivity index (χ2n) is 5.64. The molecule has 0 bridgehead atoms. The van der Waals surface area contributed by atoms with E-state index in [4.69, 9.17) is 4.74 Å². The minimum Gasteiger partial charge on any atom is -0.381 e. The number of para-hydroxylation sites is 1. The second kappa shape index (κ2) is 6.07. The van der Waals surface area contributed by atoms with E-state index in [0.717, 1.165) is 43.5 Å². The summed E-state index contributed by atoms with van der Waals surface area (Å²) in [6.07, 6.45) is 4.41. The predicted octanol–water partition coefficient (Wildman–Crippen LogP) is 3.41. The number of rotatable bonds is 2. The van der Waals surface area contributed by atoms with E-state index < -0.39 is 0 Å². The third kappa shape index (κ3) is 2.94. The van der Waals surface area contributed by atoms with Crippen LogP contribution in [-0.4, -0.2) is 29.8 Å². The highest BCUT2D eigenvalue weighted by molar-refractivity contribution is 7.99. The van der Waals surface area contributed by atoms with Crippen LogP contribution in [0.1, 0.15) is 31.2 Å². The molecule has 0 saturated carbocycles. The maximum Gasteiger partial charge on any atom is 0.101 e. The third-order valence-corrected chi connectivity index (χ3v) is 5.29. The van der Waals surface area contributed by atoms with Crippen molar-refractivity contribution in [1.29, 1.82) is 5.26 Å². The van der Waals surface area contributed by atoms with Gasteiger partial charge in [0, 0.05) is 12.6 Å². The first-order chi connectivity index (χ1) is 9.81. The van der Waals surface area contributed by atoms with Crippen LogP contribution in [0.2, 0.25) is 0 Å². The number of hydrogen-bond acceptors (Lipinski definition) is 4. The van der Waals surface area contributed by atoms with Crippen LogP contribution in [0.4, 0.5) is 5.69 Å². The molecule has 0 aliphatic carbocycles. The van der Waals surface area contributed by atoms with Crippen LogP contribution < -0.4 is 5.32 Å². The first kappa shape index (κ1) is 13.8. The molecule has 1 aromatic carbocycles. The Bertz CT molecular complexity index is 500. The van der Waals surface area contributed by atoms with E-state index in [9.17, 15) is 5.26 Å². The molecule has 2 aliphatic rings. The topological polar surface area (TPSA) is 45.0 Å². The van der Waals surface area contributed by atoms with Gasteiger partial charge in [-0.2, -0.15) is 17.0 Å². The SMILES string of the molecule is N#Cc1ccccc1NC1CCOC2(CCSCC2)C1. The van der Waals surface area contributed by atoms with E-state index in [1.54, 1.807) is 0 Å². The van der Waals surface area contributed by atoms with Gasteiger partial charge in [0.2, 0.25) is 0 Å². The van der Waals surface area contributed by atoms with Crippen LogP contribution in [0, 0.1) is 11.3 Å². The summed E-state index contributed by atoms with van der Waals surface area (Å²) in [5, 5.41) is 12.7. The number of nitrogens with one attached hydrogen (secondary N) is 1. The molecule has 0 radical (unpaired) electrons. The Morgan fingerprint density at radius 1 is 1.30 bits per heavy atom. The van der Waals surface area contributed by atoms with Crippen LogP contribution in [-0.2, 0) is 4.74 Å². The molecule has 0 amide bonds. The molecule has 1 spiro atoms. The number of nitriles is 1. The highest BCUT2D eigenvalue weighted by Crippen LogP contribution is 2.38. The molecule has 106 valence electrons. The lowest BCUT2D eigenvalue weighted by atomic mass is 9.85. The molecule has 1 unspecified atom stereocenters. The highest BCUT2D eigenvalue weighted by atomic mass is 32.2. The van der Waals surface area contributed by atoms with Gasteiger partial charge in [-0.3, -0.25) is 0 Å². The van der Waals surface area contributed by atoms with E-state index in [0.29, 0.717) is 6.04 Å². The average molecular weight is 288 g/mol. The number of nitrogens with zero attached hydrogens (tertiary/aromatic N) is 1. The van der Waals surface area contributed by atoms with Gasteiger partial charge in [0.25, 0.3) is 0 Å². The predicted molar refractivity (Wildman–Crippen MR) is 83.0 cm³/mol. The van der Waals surface area contributed by atoms with E-state index in [-0.39, 0.29) is 5.60 Å². The summed E-state index contributed by atoms with van der Waals surface area (Å²) in [5.41, 5.74) is 1.78. The fourth-order valence-electron chi connectivity index (χ4n) is 3.17. The van der Waals surface area contributed by atoms with Crippen molar-refractivity contribution >= 4 is 17.4 Å². The molecule has 2 fully saturated rings. The Hall–Kier alpha value is -1.18. The average Bonchev–Trinajstić information content (AvgIpc) is 2.49. The van der Waals surface area contributed by atoms with E-state index in [1.807, 2.05) is 36.0 Å². The van der Waals surface area contributed by atoms with Crippen molar-refractivity contribution < 1.29 is 4.74 Å². The van der Waals surface area contributed by atoms with Gasteiger partial charge in [0.05, 0.1) is 16.9 Å². The van der Waals surface area contributed by atoms with Gasteiger partial charge in [-0.15, -0.1) is 0 Å². The van der Waals surface area contributed by atoms with Gasteiger partial charge in [-0.1, -0.05) is 12.1 Å². The van der Waals surface area contributed by atoms with Gasteiger partial charge < -0.3 is 10.1 Å². The fraction of sp³-hybridized carbons (Fsp3) is 0.562. The molecule has 1 aromatic rings. The molecule has 0 aromatic heterocycles. The molecular formula is C16H20N2OS. The van der Waals surface area contributed by atoms with Crippen molar-refractivity contribution in [2.45, 2.75) is 37.3 Å². The number of benzene rings is 1. The normalized spacial score (nSPS) is 25.1. The van der Waals surface area contributed by atoms with Crippen molar-refractivity contribution in [1.82, 2.24) is 0 Å². The van der Waals surface area contributed by atoms with Crippen molar-refractivity contribution in [3.05, 3.63) is 29.8 Å². The van der Waals surface area contributed by atoms with Gasteiger partial charge in [-0.05, 0) is 49.3 Å². The summed E-state index contributed by atoms with van der Waals surface area (Å²) in [5.74, 6) is 2.42. The van der Waals surface area contributed by atoms with Gasteiger partial charge in [0.1, 0.15) is 6.07 Å². The summed E-state index contributed by atoms with van der Waals surface area (Å²) in [6, 6.07) is 10.4. The minimum absolute atomic E-state index is 0.0861. The van der Waals surface area contributed by atoms with Crippen molar-refractivity contribution in [2.24, 2.45) is 0 Å². The molecule has 3 rings (SSSR count). The molecule has 1 atom stereocenters. The monoisotopic (exact) mass is 288 g/mol. The zero-order chi connectivity index (χ0) is 13.8. The summed E-state index contributed by atoms with van der Waals surface area (Å²) >= 11 is 2.03. The lowest BCUT2D eigenvalue weighted by molar-refractivity contribution is -0.0865. The molecule has 2 aliphatic heterocycles. The smallest absolute Gasteiger partial charge is 0.101 e. The lowest BCUT2D eigenvalue weighted by Crippen LogP contribution is -2.46. The van der Waals surface area contributed by atoms with Gasteiger partial charge >= 0.3 is 0 Å². The molecule has 1 N–H and O–H groups in total. The summed E-state index contributed by atoms with van der Waals surface area (Å²) in [7, 11) is 0. The van der Waals surface area contributed by atoms with Crippen LogP contribution in [0.3, 0.4) is 0 Å². The van der Waals surface area contributed by atoms with Crippen LogP contribution in [0.5, 0.6) is 0 Å². The zero-order valence-electron chi connectivity index (χ0n) is 11.6. The Labute approximate surface area is 124 Å². The Morgan fingerprint density at radius 3 is 2.90 bits per heavy atom. The first-order valence-corrected chi connectivity index (χ1v) is 8.44. The summed E-state index contributed by atoms with van der Waals surface area (Å²) in [6.45, 7) is 0.830. The van der Waals surface area contributed by atoms with Gasteiger partial charge in [0.15, 0.2) is 0 Å². The molecule has 2 heterocycles. The lowest BCUT2D eigenvalue weighted by Gasteiger charge is -2.43. The van der Waals surface area contributed by atoms with E-state index in [2.05, 4.69) is 11.4 Å². The standard InChI is InChI=1S/C16H20N2OS/c17-12-13-3-1-2-4-15(13)18-14-5-8-19-16(11-14)6-9-20-10-7-16/h1-4,14,18H,5-11H2. The quantitative estimate of drug-likeness (QED) is 0.905. The molecule has 3 nitrogen and oxygen atoms in total. The minimum atomic E-state index is 0.0861. The maximum absolute atomic E-state index is 9.17. The van der Waals surface area contributed by atoms with Gasteiger partial charge in [-0.25, -0.2) is 0 Å². The maximum atomic E-state index is 9.17. The number of ether oxygens (including phenoxy) is 1. The number of hydrogen-bond donors (Lipinski definition) is 1. The van der Waals surface area contributed by atoms with Crippen LogP contribution in [0.25, 0.3) is 0 Å². The first-order valence-electron chi connectivity index (χ1n) is 7.29. The van der Waals surface area contributed by atoms with E-state index in [1.165, 1.54) is 11.5 Å². The Morgan fingerprint density at radius 2 is 2.10 bits per heavy atom. The Kier molecular flexibility index (Phi) is 4.18. The van der Waals surface area contributed by atoms with Crippen molar-refractivity contribution in [3.8, 4) is 6.07 Å². The van der Waals surface area contributed by atoms with Crippen molar-refractivity contribution in [3.63, 3.8) is 0 Å². The fourth-order valence-corrected chi connectivity index (χ4v) is 4.41. The summed E-state index contributed by atoms with van der Waals surface area (Å²) < 4.78 is 6.11. The third-order valence-electron chi connectivity index (χ3n) is 4.30. The summed E-state index contributed by atoms with van der Waals surface area (Å²) in [4.78, 5) is 0. The van der Waals surface area contributed by atoms with Crippen LogP contribution in [0.15, 0.2) is 24.3 Å². The zero-order valence-corrected chi connectivity index (χ0v) is 12.4.